The van der Waals surface area contributed by atoms with Gasteiger partial charge in [-0.3, -0.25) is 0 Å². The Bertz CT molecular complexity index is 550. The van der Waals surface area contributed by atoms with Crippen LogP contribution in [-0.4, -0.2) is 41.9 Å². The highest BCUT2D eigenvalue weighted by atomic mass is 16.5. The van der Waals surface area contributed by atoms with E-state index in [9.17, 15) is 9.59 Å². The number of hydrogen-bond donors (Lipinski definition) is 1. The van der Waals surface area contributed by atoms with Crippen molar-refractivity contribution in [3.05, 3.63) is 17.7 Å². The molecule has 0 unspecified atom stereocenters. The first-order valence-corrected chi connectivity index (χ1v) is 7.99. The van der Waals surface area contributed by atoms with Crippen LogP contribution in [0.1, 0.15) is 49.5 Å². The Kier molecular flexibility index (Phi) is 6.01. The number of esters is 1. The van der Waals surface area contributed by atoms with E-state index in [1.165, 1.54) is 33.5 Å². The van der Waals surface area contributed by atoms with Crippen LogP contribution in [0.3, 0.4) is 0 Å². The zero-order valence-electron chi connectivity index (χ0n) is 14.0. The molecule has 1 fully saturated rings. The number of imidazole rings is 1. The Morgan fingerprint density at radius 3 is 2.61 bits per heavy atom. The Balaban J connectivity index is 2.11. The molecule has 0 bridgehead atoms. The SMILES string of the molecule is COC(=O)N[C@@H](Cc1cnc(C2CCCCC2)n1C)C(=O)OC. The smallest absolute Gasteiger partial charge is 0.407 e. The lowest BCUT2D eigenvalue weighted by Gasteiger charge is -2.22. The first kappa shape index (κ1) is 17.3. The molecule has 1 amide bonds. The van der Waals surface area contributed by atoms with Crippen molar-refractivity contribution in [2.75, 3.05) is 14.2 Å². The number of hydrogen-bond acceptors (Lipinski definition) is 5. The van der Waals surface area contributed by atoms with Gasteiger partial charge in [0.2, 0.25) is 0 Å². The fraction of sp³-hybridized carbons (Fsp3) is 0.688. The fourth-order valence-corrected chi connectivity index (χ4v) is 3.14. The van der Waals surface area contributed by atoms with Gasteiger partial charge in [0.15, 0.2) is 0 Å². The van der Waals surface area contributed by atoms with E-state index in [-0.39, 0.29) is 0 Å². The van der Waals surface area contributed by atoms with Gasteiger partial charge in [0.1, 0.15) is 11.9 Å². The zero-order valence-corrected chi connectivity index (χ0v) is 14.0. The summed E-state index contributed by atoms with van der Waals surface area (Å²) < 4.78 is 11.4. The van der Waals surface area contributed by atoms with Crippen LogP contribution in [0.2, 0.25) is 0 Å². The molecule has 0 aliphatic heterocycles. The maximum atomic E-state index is 11.9. The van der Waals surface area contributed by atoms with Crippen molar-refractivity contribution in [2.45, 2.75) is 50.5 Å². The van der Waals surface area contributed by atoms with E-state index in [1.54, 1.807) is 6.20 Å². The van der Waals surface area contributed by atoms with Gasteiger partial charge in [-0.2, -0.15) is 0 Å². The van der Waals surface area contributed by atoms with Crippen LogP contribution >= 0.6 is 0 Å². The molecular weight excluding hydrogens is 298 g/mol. The summed E-state index contributed by atoms with van der Waals surface area (Å²) in [5.41, 5.74) is 0.886. The second kappa shape index (κ2) is 7.99. The van der Waals surface area contributed by atoms with Crippen LogP contribution in [0.4, 0.5) is 4.79 Å². The van der Waals surface area contributed by atoms with E-state index >= 15 is 0 Å². The summed E-state index contributed by atoms with van der Waals surface area (Å²) in [4.78, 5) is 27.8. The highest BCUT2D eigenvalue weighted by Gasteiger charge is 2.26. The van der Waals surface area contributed by atoms with Gasteiger partial charge in [0.25, 0.3) is 0 Å². The molecule has 1 aromatic rings. The van der Waals surface area contributed by atoms with Gasteiger partial charge in [-0.1, -0.05) is 19.3 Å². The topological polar surface area (TPSA) is 82.5 Å². The van der Waals surface area contributed by atoms with E-state index in [1.807, 2.05) is 11.6 Å². The number of nitrogens with zero attached hydrogens (tertiary/aromatic N) is 2. The summed E-state index contributed by atoms with van der Waals surface area (Å²) in [6.07, 6.45) is 7.52. The molecular formula is C16H25N3O4. The second-order valence-corrected chi connectivity index (χ2v) is 5.92. The number of aromatic nitrogens is 2. The predicted octanol–water partition coefficient (Wildman–Crippen LogP) is 1.91. The van der Waals surface area contributed by atoms with Crippen molar-refractivity contribution in [1.82, 2.24) is 14.9 Å². The number of ether oxygens (including phenoxy) is 2. The third kappa shape index (κ3) is 4.24. The van der Waals surface area contributed by atoms with E-state index in [2.05, 4.69) is 15.0 Å². The number of rotatable bonds is 5. The lowest BCUT2D eigenvalue weighted by atomic mass is 9.89. The molecule has 1 heterocycles. The Morgan fingerprint density at radius 2 is 2.00 bits per heavy atom. The summed E-state index contributed by atoms with van der Waals surface area (Å²) in [6.45, 7) is 0. The standard InChI is InChI=1S/C16H25N3O4/c1-19-12(9-13(15(20)22-2)18-16(21)23-3)10-17-14(19)11-7-5-4-6-8-11/h10-11,13H,4-9H2,1-3H3,(H,18,21)/t13-/m0/s1. The highest BCUT2D eigenvalue weighted by Crippen LogP contribution is 2.32. The van der Waals surface area contributed by atoms with E-state index in [0.29, 0.717) is 12.3 Å². The number of carbonyl (C=O) groups is 2. The van der Waals surface area contributed by atoms with Crippen LogP contribution in [0.15, 0.2) is 6.20 Å². The average Bonchev–Trinajstić information content (AvgIpc) is 2.94. The number of carbonyl (C=O) groups excluding carboxylic acids is 2. The lowest BCUT2D eigenvalue weighted by molar-refractivity contribution is -0.142. The van der Waals surface area contributed by atoms with Crippen LogP contribution in [0.25, 0.3) is 0 Å². The number of nitrogens with one attached hydrogen (secondary N) is 1. The Hall–Kier alpha value is -2.05. The minimum absolute atomic E-state index is 0.317. The van der Waals surface area contributed by atoms with Crippen molar-refractivity contribution >= 4 is 12.1 Å². The molecule has 7 heteroatoms. The van der Waals surface area contributed by atoms with E-state index in [4.69, 9.17) is 4.74 Å². The molecule has 0 spiro atoms. The van der Waals surface area contributed by atoms with E-state index in [0.717, 1.165) is 24.4 Å². The molecule has 1 N–H and O–H groups in total. The minimum Gasteiger partial charge on any atom is -0.467 e. The third-order valence-corrected chi connectivity index (χ3v) is 4.47. The number of amides is 1. The third-order valence-electron chi connectivity index (χ3n) is 4.47. The van der Waals surface area contributed by atoms with Crippen molar-refractivity contribution in [3.63, 3.8) is 0 Å². The first-order valence-electron chi connectivity index (χ1n) is 7.99. The molecule has 0 radical (unpaired) electrons. The zero-order chi connectivity index (χ0) is 16.8. The van der Waals surface area contributed by atoms with Crippen molar-refractivity contribution in [1.29, 1.82) is 0 Å². The van der Waals surface area contributed by atoms with Crippen LogP contribution < -0.4 is 5.32 Å². The lowest BCUT2D eigenvalue weighted by Crippen LogP contribution is -2.43. The van der Waals surface area contributed by atoms with Crippen LogP contribution in [-0.2, 0) is 27.7 Å². The highest BCUT2D eigenvalue weighted by molar-refractivity contribution is 5.81. The van der Waals surface area contributed by atoms with Crippen LogP contribution in [0, 0.1) is 0 Å². The molecule has 1 aromatic heterocycles. The first-order chi connectivity index (χ1) is 11.1. The van der Waals surface area contributed by atoms with Crippen LogP contribution in [0.5, 0.6) is 0 Å². The molecule has 1 saturated carbocycles. The quantitative estimate of drug-likeness (QED) is 0.837. The molecule has 128 valence electrons. The monoisotopic (exact) mass is 323 g/mol. The molecule has 1 atom stereocenters. The van der Waals surface area contributed by atoms with Crippen molar-refractivity contribution in [2.24, 2.45) is 7.05 Å². The maximum absolute atomic E-state index is 11.9. The van der Waals surface area contributed by atoms with Crippen molar-refractivity contribution < 1.29 is 19.1 Å². The largest absolute Gasteiger partial charge is 0.467 e. The van der Waals surface area contributed by atoms with Gasteiger partial charge >= 0.3 is 12.1 Å². The molecule has 0 aromatic carbocycles. The van der Waals surface area contributed by atoms with E-state index < -0.39 is 18.1 Å². The Morgan fingerprint density at radius 1 is 1.30 bits per heavy atom. The van der Waals surface area contributed by atoms with Gasteiger partial charge in [-0.25, -0.2) is 14.6 Å². The summed E-state index contributed by atoms with van der Waals surface area (Å²) in [7, 11) is 4.51. The van der Waals surface area contributed by atoms with Gasteiger partial charge in [0, 0.05) is 31.3 Å². The molecule has 1 aliphatic carbocycles. The van der Waals surface area contributed by atoms with Gasteiger partial charge in [-0.05, 0) is 12.8 Å². The molecule has 2 rings (SSSR count). The average molecular weight is 323 g/mol. The van der Waals surface area contributed by atoms with Gasteiger partial charge in [0.05, 0.1) is 14.2 Å². The molecule has 7 nitrogen and oxygen atoms in total. The summed E-state index contributed by atoms with van der Waals surface area (Å²) in [6, 6.07) is -0.790. The Labute approximate surface area is 136 Å². The van der Waals surface area contributed by atoms with Gasteiger partial charge < -0.3 is 19.4 Å². The summed E-state index contributed by atoms with van der Waals surface area (Å²) >= 11 is 0. The number of methoxy groups -OCH3 is 2. The minimum atomic E-state index is -0.790. The number of alkyl carbamates (subject to hydrolysis) is 1. The summed E-state index contributed by atoms with van der Waals surface area (Å²) in [5.74, 6) is 1.03. The second-order valence-electron chi connectivity index (χ2n) is 5.92. The molecule has 1 aliphatic rings. The predicted molar refractivity (Wildman–Crippen MR) is 84.1 cm³/mol. The van der Waals surface area contributed by atoms with Gasteiger partial charge in [-0.15, -0.1) is 0 Å². The summed E-state index contributed by atoms with van der Waals surface area (Å²) in [5, 5.41) is 2.51. The maximum Gasteiger partial charge on any atom is 0.407 e. The molecule has 23 heavy (non-hydrogen) atoms. The fourth-order valence-electron chi connectivity index (χ4n) is 3.14. The molecule has 0 saturated heterocycles. The normalized spacial score (nSPS) is 16.7. The van der Waals surface area contributed by atoms with Crippen molar-refractivity contribution in [3.8, 4) is 0 Å².